The largest absolute Gasteiger partial charge is 0.302 e. The predicted octanol–water partition coefficient (Wildman–Crippen LogP) is 0.501. The summed E-state index contributed by atoms with van der Waals surface area (Å²) in [5.74, 6) is -0.692. The number of nitrogens with one attached hydrogen (secondary N) is 2. The molecule has 2 rings (SSSR count). The van der Waals surface area contributed by atoms with E-state index in [-0.39, 0.29) is 24.4 Å². The Hall–Kier alpha value is -2.21. The van der Waals surface area contributed by atoms with E-state index in [4.69, 9.17) is 0 Å². The highest BCUT2D eigenvalue weighted by atomic mass is 16.2. The Morgan fingerprint density at radius 3 is 2.67 bits per heavy atom. The number of hydrazine groups is 1. The van der Waals surface area contributed by atoms with Crippen molar-refractivity contribution in [2.75, 3.05) is 13.1 Å². The molecule has 0 aromatic heterocycles. The minimum atomic E-state index is -0.366. The lowest BCUT2D eigenvalue weighted by atomic mass is 10.0. The number of aldehydes is 1. The van der Waals surface area contributed by atoms with Crippen LogP contribution < -0.4 is 10.9 Å². The fourth-order valence-corrected chi connectivity index (χ4v) is 2.38. The zero-order chi connectivity index (χ0) is 15.1. The van der Waals surface area contributed by atoms with E-state index < -0.39 is 0 Å². The monoisotopic (exact) mass is 289 g/mol. The van der Waals surface area contributed by atoms with Crippen LogP contribution in [0.25, 0.3) is 0 Å². The van der Waals surface area contributed by atoms with Crippen LogP contribution in [0.15, 0.2) is 30.3 Å². The number of carbonyl (C=O) groups is 3. The van der Waals surface area contributed by atoms with Crippen molar-refractivity contribution in [3.8, 4) is 0 Å². The molecule has 6 nitrogen and oxygen atoms in total. The first-order chi connectivity index (χ1) is 10.2. The molecule has 1 aliphatic rings. The van der Waals surface area contributed by atoms with E-state index in [0.717, 1.165) is 32.1 Å². The molecule has 1 heterocycles. The summed E-state index contributed by atoms with van der Waals surface area (Å²) in [5, 5.41) is 0. The zero-order valence-corrected chi connectivity index (χ0v) is 11.7. The van der Waals surface area contributed by atoms with E-state index >= 15 is 0 Å². The van der Waals surface area contributed by atoms with Gasteiger partial charge in [-0.2, -0.15) is 0 Å². The molecule has 2 amide bonds. The van der Waals surface area contributed by atoms with E-state index in [0.29, 0.717) is 5.56 Å². The fourth-order valence-electron chi connectivity index (χ4n) is 2.38. The first kappa shape index (κ1) is 15.2. The molecule has 1 aromatic rings. The number of benzene rings is 1. The zero-order valence-electron chi connectivity index (χ0n) is 11.7. The molecule has 1 unspecified atom stereocenters. The van der Waals surface area contributed by atoms with E-state index in [9.17, 15) is 14.4 Å². The average molecular weight is 289 g/mol. The van der Waals surface area contributed by atoms with Gasteiger partial charge < -0.3 is 4.79 Å². The van der Waals surface area contributed by atoms with E-state index in [2.05, 4.69) is 10.9 Å². The minimum Gasteiger partial charge on any atom is -0.302 e. The van der Waals surface area contributed by atoms with Crippen LogP contribution in [0.4, 0.5) is 0 Å². The molecular weight excluding hydrogens is 270 g/mol. The van der Waals surface area contributed by atoms with Crippen LogP contribution >= 0.6 is 0 Å². The van der Waals surface area contributed by atoms with Gasteiger partial charge in [-0.05, 0) is 31.5 Å². The van der Waals surface area contributed by atoms with E-state index in [1.54, 1.807) is 24.3 Å². The van der Waals surface area contributed by atoms with Crippen molar-refractivity contribution in [3.05, 3.63) is 35.9 Å². The highest BCUT2D eigenvalue weighted by molar-refractivity contribution is 5.95. The molecular formula is C15H19N3O3. The molecule has 0 radical (unpaired) electrons. The van der Waals surface area contributed by atoms with Gasteiger partial charge in [-0.15, -0.1) is 0 Å². The van der Waals surface area contributed by atoms with Gasteiger partial charge in [-0.1, -0.05) is 24.6 Å². The van der Waals surface area contributed by atoms with Crippen LogP contribution in [0.5, 0.6) is 0 Å². The first-order valence-corrected chi connectivity index (χ1v) is 7.04. The summed E-state index contributed by atoms with van der Waals surface area (Å²) in [7, 11) is 0. The molecule has 0 bridgehead atoms. The highest BCUT2D eigenvalue weighted by Crippen LogP contribution is 2.14. The van der Waals surface area contributed by atoms with Gasteiger partial charge in [-0.3, -0.25) is 25.3 Å². The van der Waals surface area contributed by atoms with Crippen LogP contribution in [0.2, 0.25) is 0 Å². The third-order valence-corrected chi connectivity index (χ3v) is 3.52. The number of hydrogen-bond acceptors (Lipinski definition) is 4. The van der Waals surface area contributed by atoms with Gasteiger partial charge >= 0.3 is 0 Å². The molecule has 0 saturated carbocycles. The molecule has 1 saturated heterocycles. The third kappa shape index (κ3) is 4.39. The Kier molecular flexibility index (Phi) is 5.45. The standard InChI is InChI=1S/C15H19N3O3/c19-11-13-8-4-5-9-18(13)10-14(20)16-17-15(21)12-6-2-1-3-7-12/h1-3,6-7,11,13H,4-5,8-10H2,(H,16,20)(H,17,21). The molecule has 0 aliphatic carbocycles. The van der Waals surface area contributed by atoms with Crippen molar-refractivity contribution in [1.29, 1.82) is 0 Å². The van der Waals surface area contributed by atoms with Crippen molar-refractivity contribution in [3.63, 3.8) is 0 Å². The van der Waals surface area contributed by atoms with Gasteiger partial charge in [0.15, 0.2) is 0 Å². The minimum absolute atomic E-state index is 0.110. The maximum atomic E-state index is 11.8. The number of nitrogens with zero attached hydrogens (tertiary/aromatic N) is 1. The van der Waals surface area contributed by atoms with Crippen molar-refractivity contribution in [2.45, 2.75) is 25.3 Å². The van der Waals surface area contributed by atoms with Gasteiger partial charge in [0, 0.05) is 5.56 Å². The molecule has 6 heteroatoms. The van der Waals surface area contributed by atoms with Crippen LogP contribution in [0.1, 0.15) is 29.6 Å². The van der Waals surface area contributed by atoms with E-state index in [1.807, 2.05) is 11.0 Å². The maximum Gasteiger partial charge on any atom is 0.269 e. The summed E-state index contributed by atoms with van der Waals surface area (Å²) < 4.78 is 0. The topological polar surface area (TPSA) is 78.5 Å². The van der Waals surface area contributed by atoms with Crippen molar-refractivity contribution in [2.24, 2.45) is 0 Å². The van der Waals surface area contributed by atoms with Gasteiger partial charge in [0.25, 0.3) is 11.8 Å². The molecule has 1 aromatic carbocycles. The maximum absolute atomic E-state index is 11.8. The number of rotatable bonds is 4. The molecule has 2 N–H and O–H groups in total. The molecule has 21 heavy (non-hydrogen) atoms. The Morgan fingerprint density at radius 2 is 1.95 bits per heavy atom. The molecule has 1 aliphatic heterocycles. The van der Waals surface area contributed by atoms with Crippen molar-refractivity contribution < 1.29 is 14.4 Å². The summed E-state index contributed by atoms with van der Waals surface area (Å²) in [5.41, 5.74) is 5.22. The number of amides is 2. The number of carbonyl (C=O) groups excluding carboxylic acids is 3. The Labute approximate surface area is 123 Å². The summed E-state index contributed by atoms with van der Waals surface area (Å²) in [6, 6.07) is 8.43. The summed E-state index contributed by atoms with van der Waals surface area (Å²) in [4.78, 5) is 36.4. The van der Waals surface area contributed by atoms with Gasteiger partial charge in [0.1, 0.15) is 6.29 Å². The lowest BCUT2D eigenvalue weighted by molar-refractivity contribution is -0.125. The van der Waals surface area contributed by atoms with Gasteiger partial charge in [0.05, 0.1) is 12.6 Å². The highest BCUT2D eigenvalue weighted by Gasteiger charge is 2.23. The first-order valence-electron chi connectivity index (χ1n) is 7.04. The second kappa shape index (κ2) is 7.54. The fraction of sp³-hybridized carbons (Fsp3) is 0.400. The Bertz CT molecular complexity index is 504. The van der Waals surface area contributed by atoms with Crippen LogP contribution in [-0.2, 0) is 9.59 Å². The van der Waals surface area contributed by atoms with Crippen LogP contribution in [0, 0.1) is 0 Å². The molecule has 112 valence electrons. The van der Waals surface area contributed by atoms with Crippen LogP contribution in [0.3, 0.4) is 0 Å². The molecule has 1 atom stereocenters. The smallest absolute Gasteiger partial charge is 0.269 e. The van der Waals surface area contributed by atoms with Crippen LogP contribution in [-0.4, -0.2) is 42.1 Å². The lowest BCUT2D eigenvalue weighted by Gasteiger charge is -2.31. The van der Waals surface area contributed by atoms with Crippen molar-refractivity contribution in [1.82, 2.24) is 15.8 Å². The normalized spacial score (nSPS) is 18.8. The Morgan fingerprint density at radius 1 is 1.19 bits per heavy atom. The van der Waals surface area contributed by atoms with Gasteiger partial charge in [0.2, 0.25) is 0 Å². The molecule has 1 fully saturated rings. The van der Waals surface area contributed by atoms with Gasteiger partial charge in [-0.25, -0.2) is 0 Å². The quantitative estimate of drug-likeness (QED) is 0.625. The number of hydrogen-bond donors (Lipinski definition) is 2. The predicted molar refractivity (Wildman–Crippen MR) is 77.3 cm³/mol. The summed E-state index contributed by atoms with van der Waals surface area (Å²) >= 11 is 0. The van der Waals surface area contributed by atoms with E-state index in [1.165, 1.54) is 0 Å². The SMILES string of the molecule is O=CC1CCCCN1CC(=O)NNC(=O)c1ccccc1. The second-order valence-corrected chi connectivity index (χ2v) is 5.04. The average Bonchev–Trinajstić information content (AvgIpc) is 2.54. The molecule has 0 spiro atoms. The van der Waals surface area contributed by atoms with Crippen molar-refractivity contribution >= 4 is 18.1 Å². The number of piperidine rings is 1. The second-order valence-electron chi connectivity index (χ2n) is 5.04. The summed E-state index contributed by atoms with van der Waals surface area (Å²) in [6.45, 7) is 0.835. The summed E-state index contributed by atoms with van der Waals surface area (Å²) in [6.07, 6.45) is 3.66. The number of likely N-dealkylation sites (tertiary alicyclic amines) is 1. The third-order valence-electron chi connectivity index (χ3n) is 3.52. The Balaban J connectivity index is 1.79. The lowest BCUT2D eigenvalue weighted by Crippen LogP contribution is -2.50.